The van der Waals surface area contributed by atoms with Crippen molar-refractivity contribution in [1.82, 2.24) is 15.2 Å². The fourth-order valence-corrected chi connectivity index (χ4v) is 4.50. The van der Waals surface area contributed by atoms with Crippen molar-refractivity contribution in [3.63, 3.8) is 0 Å². The van der Waals surface area contributed by atoms with Crippen molar-refractivity contribution in [2.45, 2.75) is 83.0 Å². The van der Waals surface area contributed by atoms with Gasteiger partial charge < -0.3 is 15.0 Å². The van der Waals surface area contributed by atoms with Crippen molar-refractivity contribution in [1.29, 1.82) is 0 Å². The van der Waals surface area contributed by atoms with E-state index in [0.717, 1.165) is 44.5 Å². The highest BCUT2D eigenvalue weighted by molar-refractivity contribution is 5.74. The molecule has 1 N–H and O–H groups in total. The minimum Gasteiger partial charge on any atom is -0.375 e. The summed E-state index contributed by atoms with van der Waals surface area (Å²) >= 11 is 0. The van der Waals surface area contributed by atoms with Gasteiger partial charge >= 0.3 is 6.03 Å². The Hall–Kier alpha value is -1.62. The van der Waals surface area contributed by atoms with Crippen molar-refractivity contribution in [3.8, 4) is 0 Å². The number of rotatable bonds is 4. The number of hydrogen-bond acceptors (Lipinski definition) is 3. The molecule has 1 aliphatic heterocycles. The zero-order chi connectivity index (χ0) is 17.8. The second-order valence-electron chi connectivity index (χ2n) is 8.00. The molecule has 0 spiro atoms. The maximum absolute atomic E-state index is 12.5. The number of carbonyl (C=O) groups excluding carboxylic acids is 1. The van der Waals surface area contributed by atoms with Crippen LogP contribution in [0.1, 0.15) is 68.3 Å². The first-order valence-electron chi connectivity index (χ1n) is 10.4. The average molecular weight is 357 g/mol. The number of fused-ring (bicyclic) bond motifs is 1. The van der Waals surface area contributed by atoms with Crippen molar-refractivity contribution < 1.29 is 9.53 Å². The number of pyridine rings is 1. The lowest BCUT2D eigenvalue weighted by Gasteiger charge is -2.33. The predicted molar refractivity (Wildman–Crippen MR) is 101 cm³/mol. The van der Waals surface area contributed by atoms with Gasteiger partial charge in [0, 0.05) is 18.8 Å². The topological polar surface area (TPSA) is 54.5 Å². The fraction of sp³-hybridized carbons (Fsp3) is 0.714. The monoisotopic (exact) mass is 357 g/mol. The van der Waals surface area contributed by atoms with Gasteiger partial charge in [-0.3, -0.25) is 4.98 Å². The molecule has 5 nitrogen and oxygen atoms in total. The second-order valence-corrected chi connectivity index (χ2v) is 8.00. The third-order valence-corrected chi connectivity index (χ3v) is 6.07. The minimum atomic E-state index is 0.0313. The van der Waals surface area contributed by atoms with Crippen LogP contribution in [0.2, 0.25) is 0 Å². The van der Waals surface area contributed by atoms with Crippen LogP contribution in [0.5, 0.6) is 0 Å². The first-order valence-corrected chi connectivity index (χ1v) is 10.4. The van der Waals surface area contributed by atoms with Crippen molar-refractivity contribution >= 4 is 6.03 Å². The largest absolute Gasteiger partial charge is 0.375 e. The first-order chi connectivity index (χ1) is 12.8. The molecule has 2 aliphatic carbocycles. The van der Waals surface area contributed by atoms with Crippen LogP contribution in [-0.2, 0) is 24.1 Å². The first kappa shape index (κ1) is 17.8. The lowest BCUT2D eigenvalue weighted by atomic mass is 9.96. The third kappa shape index (κ3) is 4.37. The molecule has 0 bridgehead atoms. The molecule has 1 saturated heterocycles. The molecule has 1 aromatic rings. The van der Waals surface area contributed by atoms with Gasteiger partial charge in [-0.2, -0.15) is 0 Å². The zero-order valence-corrected chi connectivity index (χ0v) is 15.7. The number of carbonyl (C=O) groups is 1. The Morgan fingerprint density at radius 3 is 2.58 bits per heavy atom. The van der Waals surface area contributed by atoms with Gasteiger partial charge in [0.1, 0.15) is 0 Å². The highest BCUT2D eigenvalue weighted by Crippen LogP contribution is 2.25. The van der Waals surface area contributed by atoms with E-state index in [1.165, 1.54) is 49.8 Å². The van der Waals surface area contributed by atoms with E-state index in [1.807, 2.05) is 4.90 Å². The Morgan fingerprint density at radius 1 is 1.04 bits per heavy atom. The standard InChI is InChI=1S/C21H31N3O2/c25-21(22-15-17-10-9-16-5-1-4-8-20(16)23-17)24-13-11-19(12-14-24)26-18-6-2-3-7-18/h9-10,18-19H,1-8,11-15H2,(H,22,25). The Labute approximate surface area is 156 Å². The van der Waals surface area contributed by atoms with E-state index in [0.29, 0.717) is 18.8 Å². The molecule has 0 aromatic carbocycles. The summed E-state index contributed by atoms with van der Waals surface area (Å²) in [6, 6.07) is 4.28. The number of hydrogen-bond donors (Lipinski definition) is 1. The molecule has 0 radical (unpaired) electrons. The van der Waals surface area contributed by atoms with Crippen LogP contribution in [-0.4, -0.2) is 41.2 Å². The lowest BCUT2D eigenvalue weighted by Crippen LogP contribution is -2.46. The number of aromatic nitrogens is 1. The lowest BCUT2D eigenvalue weighted by molar-refractivity contribution is -0.0338. The number of nitrogens with one attached hydrogen (secondary N) is 1. The van der Waals surface area contributed by atoms with Crippen molar-refractivity contribution in [2.75, 3.05) is 13.1 Å². The summed E-state index contributed by atoms with van der Waals surface area (Å²) in [5.74, 6) is 0. The van der Waals surface area contributed by atoms with E-state index in [-0.39, 0.29) is 6.03 Å². The summed E-state index contributed by atoms with van der Waals surface area (Å²) in [6.45, 7) is 2.10. The smallest absolute Gasteiger partial charge is 0.317 e. The van der Waals surface area contributed by atoms with Gasteiger partial charge in [0.25, 0.3) is 0 Å². The molecule has 0 atom stereocenters. The van der Waals surface area contributed by atoms with Gasteiger partial charge in [0.05, 0.1) is 24.4 Å². The van der Waals surface area contributed by atoms with Gasteiger partial charge in [-0.25, -0.2) is 4.79 Å². The third-order valence-electron chi connectivity index (χ3n) is 6.07. The van der Waals surface area contributed by atoms with Crippen LogP contribution in [0, 0.1) is 0 Å². The SMILES string of the molecule is O=C(NCc1ccc2c(n1)CCCC2)N1CCC(OC2CCCC2)CC1. The van der Waals surface area contributed by atoms with Crippen molar-refractivity contribution in [3.05, 3.63) is 29.1 Å². The van der Waals surface area contributed by atoms with Crippen LogP contribution in [0.4, 0.5) is 4.79 Å². The van der Waals surface area contributed by atoms with E-state index in [9.17, 15) is 4.79 Å². The number of aryl methyl sites for hydroxylation is 2. The van der Waals surface area contributed by atoms with E-state index in [1.54, 1.807) is 0 Å². The van der Waals surface area contributed by atoms with Crippen molar-refractivity contribution in [2.24, 2.45) is 0 Å². The van der Waals surface area contributed by atoms with Crippen LogP contribution < -0.4 is 5.32 Å². The van der Waals surface area contributed by atoms with Gasteiger partial charge in [0.2, 0.25) is 0 Å². The van der Waals surface area contributed by atoms with Gasteiger partial charge in [-0.1, -0.05) is 18.9 Å². The highest BCUT2D eigenvalue weighted by Gasteiger charge is 2.26. The number of nitrogens with zero attached hydrogens (tertiary/aromatic N) is 2. The Morgan fingerprint density at radius 2 is 1.77 bits per heavy atom. The summed E-state index contributed by atoms with van der Waals surface area (Å²) < 4.78 is 6.19. The van der Waals surface area contributed by atoms with E-state index in [2.05, 4.69) is 17.4 Å². The van der Waals surface area contributed by atoms with Gasteiger partial charge in [0.15, 0.2) is 0 Å². The molecule has 0 unspecified atom stereocenters. The zero-order valence-electron chi connectivity index (χ0n) is 15.7. The summed E-state index contributed by atoms with van der Waals surface area (Å²) in [4.78, 5) is 19.1. The number of ether oxygens (including phenoxy) is 1. The Bertz CT molecular complexity index is 620. The molecule has 1 saturated carbocycles. The maximum Gasteiger partial charge on any atom is 0.317 e. The number of piperidine rings is 1. The summed E-state index contributed by atoms with van der Waals surface area (Å²) in [7, 11) is 0. The summed E-state index contributed by atoms with van der Waals surface area (Å²) in [6.07, 6.45) is 12.5. The number of amides is 2. The molecule has 142 valence electrons. The molecule has 4 rings (SSSR count). The number of urea groups is 1. The number of likely N-dealkylation sites (tertiary alicyclic amines) is 1. The van der Waals surface area contributed by atoms with Gasteiger partial charge in [-0.05, 0) is 63.0 Å². The molecule has 2 amide bonds. The van der Waals surface area contributed by atoms with E-state index in [4.69, 9.17) is 9.72 Å². The Balaban J connectivity index is 1.21. The van der Waals surface area contributed by atoms with E-state index >= 15 is 0 Å². The normalized spacial score (nSPS) is 21.6. The fourth-order valence-electron chi connectivity index (χ4n) is 4.50. The summed E-state index contributed by atoms with van der Waals surface area (Å²) in [5, 5.41) is 3.05. The molecule has 3 aliphatic rings. The molecule has 2 fully saturated rings. The summed E-state index contributed by atoms with van der Waals surface area (Å²) in [5.41, 5.74) is 3.59. The van der Waals surface area contributed by atoms with Crippen LogP contribution in [0.3, 0.4) is 0 Å². The Kier molecular flexibility index (Phi) is 5.73. The minimum absolute atomic E-state index is 0.0313. The highest BCUT2D eigenvalue weighted by atomic mass is 16.5. The van der Waals surface area contributed by atoms with Crippen LogP contribution in [0.25, 0.3) is 0 Å². The molecular formula is C21H31N3O2. The average Bonchev–Trinajstić information content (AvgIpc) is 3.19. The predicted octanol–water partition coefficient (Wildman–Crippen LogP) is 3.59. The second kappa shape index (κ2) is 8.38. The molecule has 5 heteroatoms. The van der Waals surface area contributed by atoms with E-state index < -0.39 is 0 Å². The van der Waals surface area contributed by atoms with Gasteiger partial charge in [-0.15, -0.1) is 0 Å². The molecule has 2 heterocycles. The molecule has 26 heavy (non-hydrogen) atoms. The quantitative estimate of drug-likeness (QED) is 0.896. The molecule has 1 aromatic heterocycles. The van der Waals surface area contributed by atoms with Crippen LogP contribution in [0.15, 0.2) is 12.1 Å². The molecular weight excluding hydrogens is 326 g/mol. The maximum atomic E-state index is 12.5. The van der Waals surface area contributed by atoms with Crippen LogP contribution >= 0.6 is 0 Å².